The minimum absolute atomic E-state index is 0.0768. The van der Waals surface area contributed by atoms with Gasteiger partial charge in [-0.25, -0.2) is 17.5 Å². The first-order valence-corrected chi connectivity index (χ1v) is 8.72. The molecule has 0 radical (unpaired) electrons. The van der Waals surface area contributed by atoms with E-state index in [9.17, 15) is 12.8 Å². The van der Waals surface area contributed by atoms with Crippen LogP contribution in [0.5, 0.6) is 0 Å². The summed E-state index contributed by atoms with van der Waals surface area (Å²) >= 11 is 5.79. The zero-order valence-electron chi connectivity index (χ0n) is 11.8. The molecule has 1 saturated carbocycles. The minimum Gasteiger partial charge on any atom is -0.392 e. The molecule has 1 aliphatic rings. The summed E-state index contributed by atoms with van der Waals surface area (Å²) < 4.78 is 41.1. The summed E-state index contributed by atoms with van der Waals surface area (Å²) in [5.74, 6) is -0.953. The highest BCUT2D eigenvalue weighted by Gasteiger charge is 2.31. The van der Waals surface area contributed by atoms with Crippen LogP contribution in [0.3, 0.4) is 0 Å². The van der Waals surface area contributed by atoms with Crippen LogP contribution in [0.2, 0.25) is 5.02 Å². The van der Waals surface area contributed by atoms with Crippen LogP contribution in [0, 0.1) is 11.2 Å². The molecule has 118 valence electrons. The number of rotatable bonds is 5. The van der Waals surface area contributed by atoms with Gasteiger partial charge in [0.15, 0.2) is 0 Å². The first-order valence-electron chi connectivity index (χ1n) is 6.86. The molecule has 0 bridgehead atoms. The number of sulfonamides is 1. The minimum atomic E-state index is -3.99. The van der Waals surface area contributed by atoms with E-state index < -0.39 is 27.3 Å². The highest BCUT2D eigenvalue weighted by molar-refractivity contribution is 7.89. The number of aliphatic hydroxyl groups is 1. The smallest absolute Gasteiger partial charge is 0.243 e. The van der Waals surface area contributed by atoms with E-state index in [0.29, 0.717) is 0 Å². The van der Waals surface area contributed by atoms with Gasteiger partial charge < -0.3 is 5.11 Å². The zero-order valence-corrected chi connectivity index (χ0v) is 13.4. The van der Waals surface area contributed by atoms with Gasteiger partial charge in [-0.05, 0) is 30.4 Å². The van der Waals surface area contributed by atoms with Crippen LogP contribution in [0.4, 0.5) is 4.39 Å². The maximum atomic E-state index is 14.1. The number of benzene rings is 1. The van der Waals surface area contributed by atoms with Gasteiger partial charge in [0.05, 0.1) is 6.61 Å². The molecule has 0 spiro atoms. The summed E-state index contributed by atoms with van der Waals surface area (Å²) in [5, 5.41) is 9.14. The quantitative estimate of drug-likeness (QED) is 0.869. The Balaban J connectivity index is 2.25. The van der Waals surface area contributed by atoms with E-state index >= 15 is 0 Å². The van der Waals surface area contributed by atoms with E-state index in [2.05, 4.69) is 4.72 Å². The number of hydrogen-bond acceptors (Lipinski definition) is 3. The fourth-order valence-corrected chi connectivity index (χ4v) is 4.33. The van der Waals surface area contributed by atoms with Gasteiger partial charge in [-0.2, -0.15) is 0 Å². The molecule has 7 heteroatoms. The van der Waals surface area contributed by atoms with Gasteiger partial charge in [0.2, 0.25) is 10.0 Å². The Morgan fingerprint density at radius 3 is 2.57 bits per heavy atom. The van der Waals surface area contributed by atoms with E-state index in [1.165, 1.54) is 6.07 Å². The molecule has 0 aromatic heterocycles. The van der Waals surface area contributed by atoms with Crippen molar-refractivity contribution in [3.8, 4) is 0 Å². The Hall–Kier alpha value is -0.690. The van der Waals surface area contributed by atoms with Crippen LogP contribution >= 0.6 is 11.6 Å². The van der Waals surface area contributed by atoms with Crippen molar-refractivity contribution in [1.29, 1.82) is 0 Å². The fraction of sp³-hybridized carbons (Fsp3) is 0.571. The molecule has 0 unspecified atom stereocenters. The van der Waals surface area contributed by atoms with Crippen molar-refractivity contribution in [2.75, 3.05) is 6.54 Å². The molecule has 0 heterocycles. The second kappa shape index (κ2) is 6.20. The molecular weight excluding hydrogens is 317 g/mol. The third-order valence-electron chi connectivity index (χ3n) is 4.04. The van der Waals surface area contributed by atoms with Crippen molar-refractivity contribution in [3.05, 3.63) is 28.5 Å². The first-order chi connectivity index (χ1) is 9.77. The average molecular weight is 336 g/mol. The van der Waals surface area contributed by atoms with Crippen molar-refractivity contribution in [1.82, 2.24) is 4.72 Å². The lowest BCUT2D eigenvalue weighted by Gasteiger charge is -2.23. The third-order valence-corrected chi connectivity index (χ3v) is 5.66. The van der Waals surface area contributed by atoms with Crippen molar-refractivity contribution in [3.63, 3.8) is 0 Å². The van der Waals surface area contributed by atoms with E-state index in [1.807, 2.05) is 6.92 Å². The Morgan fingerprint density at radius 1 is 1.38 bits per heavy atom. The van der Waals surface area contributed by atoms with Crippen LogP contribution in [0.25, 0.3) is 0 Å². The predicted molar refractivity (Wildman–Crippen MR) is 79.1 cm³/mol. The zero-order chi connectivity index (χ0) is 15.7. The lowest BCUT2D eigenvalue weighted by molar-refractivity contribution is 0.274. The Morgan fingerprint density at radius 2 is 2.00 bits per heavy atom. The second-order valence-corrected chi connectivity index (χ2v) is 8.05. The van der Waals surface area contributed by atoms with Crippen LogP contribution in [-0.2, 0) is 16.6 Å². The molecule has 0 saturated heterocycles. The van der Waals surface area contributed by atoms with Gasteiger partial charge in [0, 0.05) is 17.1 Å². The topological polar surface area (TPSA) is 66.4 Å². The van der Waals surface area contributed by atoms with E-state index in [1.54, 1.807) is 0 Å². The molecule has 2 N–H and O–H groups in total. The molecular formula is C14H19ClFNO3S. The van der Waals surface area contributed by atoms with Gasteiger partial charge in [-0.1, -0.05) is 31.4 Å². The fourth-order valence-electron chi connectivity index (χ4n) is 2.68. The molecule has 21 heavy (non-hydrogen) atoms. The number of halogens is 2. The Bertz CT molecular complexity index is 627. The Kier molecular flexibility index (Phi) is 4.92. The van der Waals surface area contributed by atoms with E-state index in [-0.39, 0.29) is 22.5 Å². The molecule has 4 nitrogen and oxygen atoms in total. The average Bonchev–Trinajstić information content (AvgIpc) is 2.86. The monoisotopic (exact) mass is 335 g/mol. The van der Waals surface area contributed by atoms with Crippen LogP contribution in [0.1, 0.15) is 38.2 Å². The van der Waals surface area contributed by atoms with E-state index in [0.717, 1.165) is 31.7 Å². The summed E-state index contributed by atoms with van der Waals surface area (Å²) in [7, 11) is -3.99. The summed E-state index contributed by atoms with van der Waals surface area (Å²) in [5.41, 5.74) is -0.211. The van der Waals surface area contributed by atoms with Gasteiger partial charge in [-0.3, -0.25) is 0 Å². The summed E-state index contributed by atoms with van der Waals surface area (Å²) in [6.07, 6.45) is 4.07. The SMILES string of the molecule is CC1(CNS(=O)(=O)c2cc(Cl)cc(CO)c2F)CCCC1. The number of aliphatic hydroxyl groups excluding tert-OH is 1. The number of nitrogens with one attached hydrogen (secondary N) is 1. The summed E-state index contributed by atoms with van der Waals surface area (Å²) in [6, 6.07) is 2.28. The van der Waals surface area contributed by atoms with Crippen LogP contribution in [0.15, 0.2) is 17.0 Å². The van der Waals surface area contributed by atoms with Gasteiger partial charge in [0.25, 0.3) is 0 Å². The predicted octanol–water partition coefficient (Wildman–Crippen LogP) is 2.83. The van der Waals surface area contributed by atoms with E-state index in [4.69, 9.17) is 16.7 Å². The largest absolute Gasteiger partial charge is 0.392 e. The second-order valence-electron chi connectivity index (χ2n) is 5.88. The maximum absolute atomic E-state index is 14.1. The molecule has 1 aliphatic carbocycles. The molecule has 1 aromatic carbocycles. The molecule has 1 fully saturated rings. The maximum Gasteiger partial charge on any atom is 0.243 e. The molecule has 0 amide bonds. The highest BCUT2D eigenvalue weighted by atomic mass is 35.5. The summed E-state index contributed by atoms with van der Waals surface area (Å²) in [6.45, 7) is 1.69. The third kappa shape index (κ3) is 3.74. The van der Waals surface area contributed by atoms with Crippen LogP contribution in [-0.4, -0.2) is 20.1 Å². The first kappa shape index (κ1) is 16.7. The Labute approximate surface area is 129 Å². The van der Waals surface area contributed by atoms with Gasteiger partial charge >= 0.3 is 0 Å². The normalized spacial score (nSPS) is 18.1. The lowest BCUT2D eigenvalue weighted by Crippen LogP contribution is -2.34. The molecule has 0 atom stereocenters. The van der Waals surface area contributed by atoms with Crippen molar-refractivity contribution in [2.24, 2.45) is 5.41 Å². The molecule has 0 aliphatic heterocycles. The molecule has 1 aromatic rings. The van der Waals surface area contributed by atoms with Gasteiger partial charge in [-0.15, -0.1) is 0 Å². The summed E-state index contributed by atoms with van der Waals surface area (Å²) in [4.78, 5) is -0.513. The van der Waals surface area contributed by atoms with Crippen LogP contribution < -0.4 is 4.72 Å². The lowest BCUT2D eigenvalue weighted by atomic mass is 9.89. The van der Waals surface area contributed by atoms with Gasteiger partial charge in [0.1, 0.15) is 10.7 Å². The number of hydrogen-bond donors (Lipinski definition) is 2. The molecule has 2 rings (SSSR count). The standard InChI is InChI=1S/C14H19ClFNO3S/c1-14(4-2-3-5-14)9-17-21(19,20)12-7-11(15)6-10(8-18)13(12)16/h6-7,17-18H,2-5,8-9H2,1H3. The highest BCUT2D eigenvalue weighted by Crippen LogP contribution is 2.37. The van der Waals surface area contributed by atoms with Crippen molar-refractivity contribution < 1.29 is 17.9 Å². The van der Waals surface area contributed by atoms with Crippen molar-refractivity contribution in [2.45, 2.75) is 44.1 Å². The van der Waals surface area contributed by atoms with Crippen molar-refractivity contribution >= 4 is 21.6 Å².